The van der Waals surface area contributed by atoms with Crippen molar-refractivity contribution in [3.05, 3.63) is 65.5 Å². The van der Waals surface area contributed by atoms with Gasteiger partial charge in [-0.2, -0.15) is 4.73 Å². The number of ether oxygens (including phenoxy) is 2. The average Bonchev–Trinajstić information content (AvgIpc) is 3.12. The predicted octanol–water partition coefficient (Wildman–Crippen LogP) is 2.30. The summed E-state index contributed by atoms with van der Waals surface area (Å²) < 4.78 is 16.3. The van der Waals surface area contributed by atoms with Crippen LogP contribution in [0.1, 0.15) is 29.4 Å². The Hall–Kier alpha value is -3.42. The lowest BCUT2D eigenvalue weighted by molar-refractivity contribution is -0.608. The minimum absolute atomic E-state index is 0.121. The van der Waals surface area contributed by atoms with Crippen LogP contribution in [0, 0.1) is 5.21 Å². The lowest BCUT2D eigenvalue weighted by atomic mass is 10.2. The minimum atomic E-state index is -0.799. The van der Waals surface area contributed by atoms with E-state index in [-0.39, 0.29) is 11.6 Å². The van der Waals surface area contributed by atoms with Crippen molar-refractivity contribution in [2.45, 2.75) is 13.0 Å². The summed E-state index contributed by atoms with van der Waals surface area (Å²) in [6, 6.07) is 11.6. The fraction of sp³-hybridized carbons (Fsp3) is 0.176. The second kappa shape index (κ2) is 7.00. The van der Waals surface area contributed by atoms with Crippen LogP contribution in [0.4, 0.5) is 0 Å². The van der Waals surface area contributed by atoms with Gasteiger partial charge in [0.1, 0.15) is 5.75 Å². The Kier molecular flexibility index (Phi) is 4.60. The summed E-state index contributed by atoms with van der Waals surface area (Å²) in [6.07, 6.45) is 0.419. The highest BCUT2D eigenvalue weighted by molar-refractivity contribution is 5.85. The molecule has 0 bridgehead atoms. The molecule has 1 atom stereocenters. The van der Waals surface area contributed by atoms with Crippen LogP contribution in [0.25, 0.3) is 11.5 Å². The van der Waals surface area contributed by atoms with Crippen LogP contribution in [0.3, 0.4) is 0 Å². The SMILES string of the molecule is COc1ccc(-c2nnc([C@@H](C)OC(=O)c3cccc[n+]3[O-])o2)cc1. The third-order valence-electron chi connectivity index (χ3n) is 3.44. The number of esters is 1. The van der Waals surface area contributed by atoms with Crippen LogP contribution in [0.5, 0.6) is 5.75 Å². The largest absolute Gasteiger partial charge is 0.618 e. The highest BCUT2D eigenvalue weighted by Crippen LogP contribution is 2.24. The Balaban J connectivity index is 1.73. The van der Waals surface area contributed by atoms with Crippen molar-refractivity contribution in [2.75, 3.05) is 7.11 Å². The maximum atomic E-state index is 12.0. The third kappa shape index (κ3) is 3.57. The van der Waals surface area contributed by atoms with Crippen LogP contribution in [0.2, 0.25) is 0 Å². The van der Waals surface area contributed by atoms with Gasteiger partial charge in [-0.3, -0.25) is 0 Å². The lowest BCUT2D eigenvalue weighted by Crippen LogP contribution is -2.34. The summed E-state index contributed by atoms with van der Waals surface area (Å²) in [5, 5.41) is 19.4. The molecule has 0 aliphatic heterocycles. The normalized spacial score (nSPS) is 11.8. The number of aromatic nitrogens is 3. The van der Waals surface area contributed by atoms with E-state index in [1.54, 1.807) is 44.4 Å². The number of pyridine rings is 1. The number of hydrogen-bond acceptors (Lipinski definition) is 7. The van der Waals surface area contributed by atoms with E-state index in [9.17, 15) is 10.0 Å². The highest BCUT2D eigenvalue weighted by Gasteiger charge is 2.24. The predicted molar refractivity (Wildman–Crippen MR) is 85.5 cm³/mol. The molecule has 8 nitrogen and oxygen atoms in total. The lowest BCUT2D eigenvalue weighted by Gasteiger charge is -2.08. The van der Waals surface area contributed by atoms with Gasteiger partial charge >= 0.3 is 11.7 Å². The Morgan fingerprint density at radius 1 is 1.20 bits per heavy atom. The maximum Gasteiger partial charge on any atom is 0.405 e. The van der Waals surface area contributed by atoms with Crippen LogP contribution < -0.4 is 9.47 Å². The molecule has 0 aliphatic carbocycles. The quantitative estimate of drug-likeness (QED) is 0.398. The molecule has 128 valence electrons. The van der Waals surface area contributed by atoms with E-state index in [2.05, 4.69) is 10.2 Å². The van der Waals surface area contributed by atoms with Crippen molar-refractivity contribution in [2.24, 2.45) is 0 Å². The second-order valence-corrected chi connectivity index (χ2v) is 5.13. The summed E-state index contributed by atoms with van der Waals surface area (Å²) in [5.74, 6) is 0.360. The van der Waals surface area contributed by atoms with Gasteiger partial charge in [0.25, 0.3) is 5.89 Å². The molecule has 0 aliphatic rings. The van der Waals surface area contributed by atoms with E-state index >= 15 is 0 Å². The zero-order valence-corrected chi connectivity index (χ0v) is 13.6. The first-order valence-electron chi connectivity index (χ1n) is 7.45. The van der Waals surface area contributed by atoms with Gasteiger partial charge < -0.3 is 19.1 Å². The molecule has 0 saturated carbocycles. The molecule has 8 heteroatoms. The fourth-order valence-electron chi connectivity index (χ4n) is 2.11. The van der Waals surface area contributed by atoms with E-state index in [0.29, 0.717) is 21.9 Å². The molecule has 0 unspecified atom stereocenters. The monoisotopic (exact) mass is 341 g/mol. The van der Waals surface area contributed by atoms with Gasteiger partial charge in [0.05, 0.1) is 7.11 Å². The molecule has 0 fully saturated rings. The molecule has 0 N–H and O–H groups in total. The van der Waals surface area contributed by atoms with Gasteiger partial charge in [-0.15, -0.1) is 10.2 Å². The van der Waals surface area contributed by atoms with Gasteiger partial charge in [-0.25, -0.2) is 4.79 Å². The average molecular weight is 341 g/mol. The number of nitrogens with zero attached hydrogens (tertiary/aromatic N) is 3. The van der Waals surface area contributed by atoms with Gasteiger partial charge in [0, 0.05) is 17.7 Å². The molecule has 2 aromatic heterocycles. The molecule has 3 aromatic rings. The Labute approximate surface area is 143 Å². The smallest absolute Gasteiger partial charge is 0.405 e. The topological polar surface area (TPSA) is 101 Å². The second-order valence-electron chi connectivity index (χ2n) is 5.13. The standard InChI is InChI=1S/C17H15N3O5/c1-11(24-17(21)14-5-3-4-10-20(14)22)15-18-19-16(25-15)12-6-8-13(23-2)9-7-12/h3-11H,1-2H3/t11-/m1/s1. The van der Waals surface area contributed by atoms with E-state index < -0.39 is 12.1 Å². The Morgan fingerprint density at radius 2 is 1.96 bits per heavy atom. The molecular weight excluding hydrogens is 326 g/mol. The minimum Gasteiger partial charge on any atom is -0.618 e. The van der Waals surface area contributed by atoms with Gasteiger partial charge in [0.15, 0.2) is 12.3 Å². The number of rotatable bonds is 5. The van der Waals surface area contributed by atoms with Crippen LogP contribution in [-0.2, 0) is 4.74 Å². The number of hydrogen-bond donors (Lipinski definition) is 0. The summed E-state index contributed by atoms with van der Waals surface area (Å²) in [4.78, 5) is 12.0. The van der Waals surface area contributed by atoms with Crippen LogP contribution in [-0.4, -0.2) is 23.3 Å². The number of carbonyl (C=O) groups excluding carboxylic acids is 1. The van der Waals surface area contributed by atoms with Crippen molar-refractivity contribution in [3.63, 3.8) is 0 Å². The zero-order chi connectivity index (χ0) is 17.8. The number of benzene rings is 1. The highest BCUT2D eigenvalue weighted by atomic mass is 16.6. The first-order chi connectivity index (χ1) is 12.1. The molecule has 0 amide bonds. The third-order valence-corrected chi connectivity index (χ3v) is 3.44. The van der Waals surface area contributed by atoms with Gasteiger partial charge in [0.2, 0.25) is 5.89 Å². The van der Waals surface area contributed by atoms with Crippen LogP contribution in [0.15, 0.2) is 53.1 Å². The Bertz CT molecular complexity index is 876. The van der Waals surface area contributed by atoms with E-state index in [1.807, 2.05) is 0 Å². The van der Waals surface area contributed by atoms with Crippen molar-refractivity contribution < 1.29 is 23.4 Å². The van der Waals surface area contributed by atoms with Crippen molar-refractivity contribution in [1.29, 1.82) is 0 Å². The molecule has 1 aromatic carbocycles. The van der Waals surface area contributed by atoms with E-state index in [1.165, 1.54) is 18.3 Å². The van der Waals surface area contributed by atoms with E-state index in [0.717, 1.165) is 0 Å². The zero-order valence-electron chi connectivity index (χ0n) is 13.6. The number of carbonyl (C=O) groups is 1. The fourth-order valence-corrected chi connectivity index (χ4v) is 2.11. The van der Waals surface area contributed by atoms with Crippen LogP contribution >= 0.6 is 0 Å². The number of methoxy groups -OCH3 is 1. The molecule has 25 heavy (non-hydrogen) atoms. The van der Waals surface area contributed by atoms with Crippen molar-refractivity contribution >= 4 is 5.97 Å². The molecule has 3 rings (SSSR count). The first kappa shape index (κ1) is 16.4. The summed E-state index contributed by atoms with van der Waals surface area (Å²) in [6.45, 7) is 1.58. The first-order valence-corrected chi connectivity index (χ1v) is 7.45. The van der Waals surface area contributed by atoms with Gasteiger partial charge in [-0.05, 0) is 37.3 Å². The molecule has 0 saturated heterocycles. The maximum absolute atomic E-state index is 12.0. The summed E-state index contributed by atoms with van der Waals surface area (Å²) in [7, 11) is 1.58. The molecule has 0 spiro atoms. The van der Waals surface area contributed by atoms with Crippen molar-refractivity contribution in [3.8, 4) is 17.2 Å². The summed E-state index contributed by atoms with van der Waals surface area (Å²) in [5.41, 5.74) is 0.586. The van der Waals surface area contributed by atoms with E-state index in [4.69, 9.17) is 13.9 Å². The molecular formula is C17H15N3O5. The Morgan fingerprint density at radius 3 is 2.64 bits per heavy atom. The van der Waals surface area contributed by atoms with Gasteiger partial charge in [-0.1, -0.05) is 0 Å². The van der Waals surface area contributed by atoms with Crippen molar-refractivity contribution in [1.82, 2.24) is 10.2 Å². The molecule has 0 radical (unpaired) electrons. The molecule has 2 heterocycles. The summed E-state index contributed by atoms with van der Waals surface area (Å²) >= 11 is 0.